The maximum Gasteiger partial charge on any atom is 0.251 e. The highest BCUT2D eigenvalue weighted by molar-refractivity contribution is 7.11. The van der Waals surface area contributed by atoms with E-state index in [0.29, 0.717) is 17.8 Å². The Morgan fingerprint density at radius 2 is 2.06 bits per heavy atom. The van der Waals surface area contributed by atoms with Gasteiger partial charge in [-0.05, 0) is 49.7 Å². The molecule has 0 radical (unpaired) electrons. The number of aryl methyl sites for hydroxylation is 2. The zero-order chi connectivity index (χ0) is 13.1. The number of carbonyl (C=O) groups excluding carboxylic acids is 1. The summed E-state index contributed by atoms with van der Waals surface area (Å²) in [6.45, 7) is 4.52. The van der Waals surface area contributed by atoms with E-state index in [0.717, 1.165) is 10.4 Å². The van der Waals surface area contributed by atoms with Crippen molar-refractivity contribution in [1.82, 2.24) is 5.32 Å². The first-order valence-corrected chi connectivity index (χ1v) is 6.57. The van der Waals surface area contributed by atoms with Gasteiger partial charge in [0, 0.05) is 21.0 Å². The summed E-state index contributed by atoms with van der Waals surface area (Å²) >= 11 is 1.70. The van der Waals surface area contributed by atoms with Crippen LogP contribution in [0.3, 0.4) is 0 Å². The average molecular weight is 260 g/mol. The fraction of sp³-hybridized carbons (Fsp3) is 0.214. The lowest BCUT2D eigenvalue weighted by atomic mass is 10.1. The van der Waals surface area contributed by atoms with Crippen LogP contribution >= 0.6 is 11.3 Å². The van der Waals surface area contributed by atoms with E-state index in [2.05, 4.69) is 18.3 Å². The lowest BCUT2D eigenvalue weighted by Crippen LogP contribution is -2.23. The predicted octanol–water partition coefficient (Wildman–Crippen LogP) is 2.88. The van der Waals surface area contributed by atoms with Gasteiger partial charge in [0.15, 0.2) is 0 Å². The van der Waals surface area contributed by atoms with Crippen molar-refractivity contribution in [2.45, 2.75) is 20.4 Å². The third-order valence-corrected chi connectivity index (χ3v) is 3.71. The van der Waals surface area contributed by atoms with E-state index in [4.69, 9.17) is 5.73 Å². The Morgan fingerprint density at radius 3 is 2.67 bits per heavy atom. The smallest absolute Gasteiger partial charge is 0.251 e. The molecule has 1 amide bonds. The van der Waals surface area contributed by atoms with Gasteiger partial charge in [-0.2, -0.15) is 0 Å². The number of rotatable bonds is 3. The molecule has 0 bridgehead atoms. The van der Waals surface area contributed by atoms with Gasteiger partial charge < -0.3 is 11.1 Å². The molecule has 0 unspecified atom stereocenters. The molecule has 0 aliphatic heterocycles. The average Bonchev–Trinajstić information content (AvgIpc) is 2.72. The zero-order valence-electron chi connectivity index (χ0n) is 10.5. The van der Waals surface area contributed by atoms with E-state index < -0.39 is 0 Å². The number of nitrogens with two attached hydrogens (primary N) is 1. The van der Waals surface area contributed by atoms with Gasteiger partial charge in [0.05, 0.1) is 6.54 Å². The lowest BCUT2D eigenvalue weighted by Gasteiger charge is -2.07. The van der Waals surface area contributed by atoms with Gasteiger partial charge in [-0.15, -0.1) is 11.3 Å². The summed E-state index contributed by atoms with van der Waals surface area (Å²) in [5, 5.41) is 2.92. The summed E-state index contributed by atoms with van der Waals surface area (Å²) in [4.78, 5) is 14.4. The van der Waals surface area contributed by atoms with E-state index in [1.54, 1.807) is 23.5 Å². The van der Waals surface area contributed by atoms with Crippen molar-refractivity contribution in [1.29, 1.82) is 0 Å². The molecule has 0 saturated heterocycles. The van der Waals surface area contributed by atoms with Crippen molar-refractivity contribution in [3.8, 4) is 0 Å². The number of amides is 1. The van der Waals surface area contributed by atoms with E-state index >= 15 is 0 Å². The van der Waals surface area contributed by atoms with E-state index in [1.807, 2.05) is 19.1 Å². The molecule has 1 heterocycles. The van der Waals surface area contributed by atoms with Crippen molar-refractivity contribution >= 4 is 22.9 Å². The third-order valence-electron chi connectivity index (χ3n) is 2.71. The number of carbonyl (C=O) groups is 1. The Balaban J connectivity index is 2.03. The SMILES string of the molecule is Cc1ccc(CNC(=O)c2ccc(N)cc2C)s1. The summed E-state index contributed by atoms with van der Waals surface area (Å²) in [6, 6.07) is 9.41. The topological polar surface area (TPSA) is 55.1 Å². The number of anilines is 1. The first-order chi connectivity index (χ1) is 8.56. The minimum atomic E-state index is -0.0569. The molecule has 0 saturated carbocycles. The van der Waals surface area contributed by atoms with Crippen LogP contribution in [0.1, 0.15) is 25.7 Å². The van der Waals surface area contributed by atoms with Gasteiger partial charge in [0.25, 0.3) is 5.91 Å². The molecule has 0 aliphatic rings. The maximum absolute atomic E-state index is 12.0. The fourth-order valence-corrected chi connectivity index (χ4v) is 2.61. The van der Waals surface area contributed by atoms with Gasteiger partial charge in [-0.1, -0.05) is 0 Å². The standard InChI is InChI=1S/C14H16N2OS/c1-9-7-11(15)4-6-13(9)14(17)16-8-12-5-3-10(2)18-12/h3-7H,8,15H2,1-2H3,(H,16,17). The summed E-state index contributed by atoms with van der Waals surface area (Å²) in [5.74, 6) is -0.0569. The van der Waals surface area contributed by atoms with Crippen LogP contribution in [0, 0.1) is 13.8 Å². The zero-order valence-corrected chi connectivity index (χ0v) is 11.3. The second-order valence-corrected chi connectivity index (χ2v) is 5.64. The van der Waals surface area contributed by atoms with E-state index in [1.165, 1.54) is 4.88 Å². The molecular formula is C14H16N2OS. The number of nitrogens with one attached hydrogen (secondary N) is 1. The Labute approximate surface area is 111 Å². The third kappa shape index (κ3) is 2.90. The van der Waals surface area contributed by atoms with Crippen LogP contribution in [-0.4, -0.2) is 5.91 Å². The van der Waals surface area contributed by atoms with E-state index in [-0.39, 0.29) is 5.91 Å². The van der Waals surface area contributed by atoms with Crippen LogP contribution in [0.2, 0.25) is 0 Å². The number of hydrogen-bond acceptors (Lipinski definition) is 3. The lowest BCUT2D eigenvalue weighted by molar-refractivity contribution is 0.0950. The number of nitrogen functional groups attached to an aromatic ring is 1. The molecule has 0 spiro atoms. The van der Waals surface area contributed by atoms with Gasteiger partial charge in [0.1, 0.15) is 0 Å². The second kappa shape index (κ2) is 5.23. The monoisotopic (exact) mass is 260 g/mol. The summed E-state index contributed by atoms with van der Waals surface area (Å²) < 4.78 is 0. The van der Waals surface area contributed by atoms with E-state index in [9.17, 15) is 4.79 Å². The highest BCUT2D eigenvalue weighted by Gasteiger charge is 2.09. The highest BCUT2D eigenvalue weighted by Crippen LogP contribution is 2.16. The normalized spacial score (nSPS) is 10.3. The molecule has 3 N–H and O–H groups in total. The van der Waals surface area contributed by atoms with Gasteiger partial charge >= 0.3 is 0 Å². The van der Waals surface area contributed by atoms with Crippen LogP contribution in [0.5, 0.6) is 0 Å². The molecular weight excluding hydrogens is 244 g/mol. The molecule has 0 atom stereocenters. The van der Waals surface area contributed by atoms with Crippen molar-refractivity contribution in [3.63, 3.8) is 0 Å². The summed E-state index contributed by atoms with van der Waals surface area (Å²) in [6.07, 6.45) is 0. The van der Waals surface area contributed by atoms with Crippen molar-refractivity contribution in [2.75, 3.05) is 5.73 Å². The van der Waals surface area contributed by atoms with Crippen LogP contribution < -0.4 is 11.1 Å². The molecule has 1 aromatic heterocycles. The largest absolute Gasteiger partial charge is 0.399 e. The number of thiophene rings is 1. The van der Waals surface area contributed by atoms with Crippen LogP contribution in [0.15, 0.2) is 30.3 Å². The number of hydrogen-bond donors (Lipinski definition) is 2. The Kier molecular flexibility index (Phi) is 3.67. The van der Waals surface area contributed by atoms with Crippen molar-refractivity contribution in [3.05, 3.63) is 51.2 Å². The first-order valence-electron chi connectivity index (χ1n) is 5.76. The number of benzene rings is 1. The Hall–Kier alpha value is -1.81. The van der Waals surface area contributed by atoms with Crippen molar-refractivity contribution < 1.29 is 4.79 Å². The molecule has 3 nitrogen and oxygen atoms in total. The highest BCUT2D eigenvalue weighted by atomic mass is 32.1. The minimum Gasteiger partial charge on any atom is -0.399 e. The van der Waals surface area contributed by atoms with Crippen molar-refractivity contribution in [2.24, 2.45) is 0 Å². The molecule has 94 valence electrons. The predicted molar refractivity (Wildman–Crippen MR) is 75.8 cm³/mol. The molecule has 4 heteroatoms. The Bertz CT molecular complexity index is 575. The van der Waals surface area contributed by atoms with Crippen LogP contribution in [-0.2, 0) is 6.54 Å². The molecule has 0 fully saturated rings. The Morgan fingerprint density at radius 1 is 1.28 bits per heavy atom. The maximum atomic E-state index is 12.0. The van der Waals surface area contributed by atoms with Gasteiger partial charge in [-0.25, -0.2) is 0 Å². The molecule has 2 rings (SSSR count). The second-order valence-electron chi connectivity index (χ2n) is 4.27. The van der Waals surface area contributed by atoms with Crippen LogP contribution in [0.4, 0.5) is 5.69 Å². The van der Waals surface area contributed by atoms with Gasteiger partial charge in [0.2, 0.25) is 0 Å². The van der Waals surface area contributed by atoms with Crippen LogP contribution in [0.25, 0.3) is 0 Å². The summed E-state index contributed by atoms with van der Waals surface area (Å²) in [5.41, 5.74) is 7.92. The molecule has 1 aromatic carbocycles. The van der Waals surface area contributed by atoms with Gasteiger partial charge in [-0.3, -0.25) is 4.79 Å². The summed E-state index contributed by atoms with van der Waals surface area (Å²) in [7, 11) is 0. The molecule has 2 aromatic rings. The quantitative estimate of drug-likeness (QED) is 0.834. The molecule has 18 heavy (non-hydrogen) atoms. The minimum absolute atomic E-state index is 0.0569. The fourth-order valence-electron chi connectivity index (χ4n) is 1.78. The molecule has 0 aliphatic carbocycles. The first kappa shape index (κ1) is 12.6.